The molecule has 0 aliphatic rings. The van der Waals surface area contributed by atoms with Crippen molar-refractivity contribution in [2.75, 3.05) is 11.1 Å². The summed E-state index contributed by atoms with van der Waals surface area (Å²) < 4.78 is 0. The van der Waals surface area contributed by atoms with Gasteiger partial charge >= 0.3 is 0 Å². The lowest BCUT2D eigenvalue weighted by atomic mass is 10.1. The van der Waals surface area contributed by atoms with E-state index in [0.29, 0.717) is 21.6 Å². The van der Waals surface area contributed by atoms with E-state index in [1.807, 2.05) is 42.5 Å². The van der Waals surface area contributed by atoms with Gasteiger partial charge in [0.05, 0.1) is 12.3 Å². The molecule has 156 valence electrons. The van der Waals surface area contributed by atoms with Crippen molar-refractivity contribution in [2.45, 2.75) is 11.7 Å². The minimum Gasteiger partial charge on any atom is -0.345 e. The third-order valence-electron chi connectivity index (χ3n) is 4.43. The first-order chi connectivity index (χ1) is 15.1. The topological polar surface area (TPSA) is 99.8 Å². The largest absolute Gasteiger partial charge is 0.345 e. The highest BCUT2D eigenvalue weighted by atomic mass is 35.5. The van der Waals surface area contributed by atoms with Gasteiger partial charge in [-0.3, -0.25) is 14.7 Å². The number of halogens is 1. The number of hydrogen-bond donors (Lipinski definition) is 3. The van der Waals surface area contributed by atoms with E-state index in [4.69, 9.17) is 11.6 Å². The molecule has 0 fully saturated rings. The fraction of sp³-hybridized carbons (Fsp3) is 0.0909. The molecular formula is C22H18ClN5O2S. The lowest BCUT2D eigenvalue weighted by Gasteiger charge is -2.08. The number of thioether (sulfide) groups is 1. The predicted molar refractivity (Wildman–Crippen MR) is 122 cm³/mol. The molecule has 7 nitrogen and oxygen atoms in total. The van der Waals surface area contributed by atoms with Crippen LogP contribution in [0.1, 0.15) is 16.2 Å². The first-order valence-corrected chi connectivity index (χ1v) is 10.8. The highest BCUT2D eigenvalue weighted by Gasteiger charge is 2.11. The van der Waals surface area contributed by atoms with Gasteiger partial charge in [-0.05, 0) is 35.7 Å². The van der Waals surface area contributed by atoms with Gasteiger partial charge < -0.3 is 10.6 Å². The normalized spacial score (nSPS) is 10.7. The summed E-state index contributed by atoms with van der Waals surface area (Å²) in [5.41, 5.74) is 1.27. The number of aromatic amines is 1. The van der Waals surface area contributed by atoms with Crippen LogP contribution in [-0.4, -0.2) is 32.7 Å². The molecule has 0 aliphatic heterocycles. The third kappa shape index (κ3) is 5.42. The van der Waals surface area contributed by atoms with Gasteiger partial charge in [0.2, 0.25) is 11.1 Å². The molecular weight excluding hydrogens is 434 g/mol. The first kappa shape index (κ1) is 20.9. The van der Waals surface area contributed by atoms with Crippen LogP contribution in [0.15, 0.2) is 71.9 Å². The lowest BCUT2D eigenvalue weighted by molar-refractivity contribution is -0.113. The van der Waals surface area contributed by atoms with Crippen LogP contribution in [0.2, 0.25) is 5.02 Å². The lowest BCUT2D eigenvalue weighted by Crippen LogP contribution is -2.23. The van der Waals surface area contributed by atoms with Crippen LogP contribution in [0.4, 0.5) is 5.69 Å². The van der Waals surface area contributed by atoms with Crippen LogP contribution in [-0.2, 0) is 11.3 Å². The van der Waals surface area contributed by atoms with Gasteiger partial charge in [-0.15, -0.1) is 5.10 Å². The molecule has 4 aromatic rings. The SMILES string of the molecule is O=C(CSc1n[nH]c(CNC(=O)c2ccc(Cl)cc2)n1)Nc1cccc2ccccc12. The standard InChI is InChI=1S/C22H18ClN5O2S/c23-16-10-8-15(9-11-16)21(30)24-12-19-26-22(28-27-19)31-13-20(29)25-18-7-3-5-14-4-1-2-6-17(14)18/h1-11H,12-13H2,(H,24,30)(H,25,29)(H,26,27,28). The van der Waals surface area contributed by atoms with Gasteiger partial charge in [-0.1, -0.05) is 59.8 Å². The van der Waals surface area contributed by atoms with Crippen molar-refractivity contribution in [1.82, 2.24) is 20.5 Å². The van der Waals surface area contributed by atoms with E-state index in [-0.39, 0.29) is 24.1 Å². The van der Waals surface area contributed by atoms with Crippen molar-refractivity contribution in [3.8, 4) is 0 Å². The number of aromatic nitrogens is 3. The van der Waals surface area contributed by atoms with Crippen LogP contribution in [0, 0.1) is 0 Å². The third-order valence-corrected chi connectivity index (χ3v) is 5.53. The van der Waals surface area contributed by atoms with Crippen molar-refractivity contribution in [2.24, 2.45) is 0 Å². The summed E-state index contributed by atoms with van der Waals surface area (Å²) in [5.74, 6) is 0.275. The molecule has 0 unspecified atom stereocenters. The summed E-state index contributed by atoms with van der Waals surface area (Å²) in [6.07, 6.45) is 0. The Morgan fingerprint density at radius 1 is 1.00 bits per heavy atom. The molecule has 9 heteroatoms. The average molecular weight is 452 g/mol. The predicted octanol–water partition coefficient (Wildman–Crippen LogP) is 4.27. The smallest absolute Gasteiger partial charge is 0.251 e. The van der Waals surface area contributed by atoms with Crippen LogP contribution in [0.3, 0.4) is 0 Å². The zero-order valence-corrected chi connectivity index (χ0v) is 17.8. The number of hydrogen-bond acceptors (Lipinski definition) is 5. The van der Waals surface area contributed by atoms with Crippen LogP contribution < -0.4 is 10.6 Å². The van der Waals surface area contributed by atoms with Crippen LogP contribution >= 0.6 is 23.4 Å². The second-order valence-electron chi connectivity index (χ2n) is 6.62. The Labute approximate surface area is 187 Å². The summed E-state index contributed by atoms with van der Waals surface area (Å²) in [4.78, 5) is 28.8. The number of carbonyl (C=O) groups excluding carboxylic acids is 2. The van der Waals surface area contributed by atoms with E-state index >= 15 is 0 Å². The zero-order valence-electron chi connectivity index (χ0n) is 16.3. The number of nitrogens with one attached hydrogen (secondary N) is 3. The van der Waals surface area contributed by atoms with E-state index < -0.39 is 0 Å². The number of carbonyl (C=O) groups is 2. The highest BCUT2D eigenvalue weighted by Crippen LogP contribution is 2.23. The molecule has 3 N–H and O–H groups in total. The van der Waals surface area contributed by atoms with Gasteiger partial charge in [0.15, 0.2) is 0 Å². The van der Waals surface area contributed by atoms with Crippen molar-refractivity contribution >= 4 is 51.6 Å². The Balaban J connectivity index is 1.28. The number of amides is 2. The summed E-state index contributed by atoms with van der Waals surface area (Å²) in [6, 6.07) is 20.3. The maximum atomic E-state index is 12.4. The zero-order chi connectivity index (χ0) is 21.6. The van der Waals surface area contributed by atoms with Gasteiger partial charge in [0.25, 0.3) is 5.91 Å². The van der Waals surface area contributed by atoms with E-state index in [1.165, 1.54) is 11.8 Å². The van der Waals surface area contributed by atoms with Gasteiger partial charge in [-0.25, -0.2) is 4.98 Å². The molecule has 4 rings (SSSR count). The van der Waals surface area contributed by atoms with Gasteiger partial charge in [0, 0.05) is 21.7 Å². The monoisotopic (exact) mass is 451 g/mol. The maximum absolute atomic E-state index is 12.4. The Kier molecular flexibility index (Phi) is 6.49. The number of benzene rings is 3. The summed E-state index contributed by atoms with van der Waals surface area (Å²) in [5, 5.41) is 15.6. The van der Waals surface area contributed by atoms with Crippen LogP contribution in [0.5, 0.6) is 0 Å². The average Bonchev–Trinajstić information content (AvgIpc) is 3.25. The number of rotatable bonds is 7. The Morgan fingerprint density at radius 3 is 2.61 bits per heavy atom. The second-order valence-corrected chi connectivity index (χ2v) is 8.00. The van der Waals surface area contributed by atoms with Gasteiger partial charge in [0.1, 0.15) is 5.82 Å². The number of anilines is 1. The number of H-pyrrole nitrogens is 1. The van der Waals surface area contributed by atoms with E-state index in [1.54, 1.807) is 24.3 Å². The number of fused-ring (bicyclic) bond motifs is 1. The van der Waals surface area contributed by atoms with Crippen LogP contribution in [0.25, 0.3) is 10.8 Å². The maximum Gasteiger partial charge on any atom is 0.251 e. The Bertz CT molecular complexity index is 1220. The second kappa shape index (κ2) is 9.63. The van der Waals surface area contributed by atoms with E-state index in [2.05, 4.69) is 25.8 Å². The molecule has 0 spiro atoms. The fourth-order valence-electron chi connectivity index (χ4n) is 2.94. The molecule has 0 aliphatic carbocycles. The molecule has 0 radical (unpaired) electrons. The molecule has 2 amide bonds. The molecule has 3 aromatic carbocycles. The molecule has 0 saturated carbocycles. The molecule has 31 heavy (non-hydrogen) atoms. The van der Waals surface area contributed by atoms with Crippen molar-refractivity contribution in [3.05, 3.63) is 83.1 Å². The molecule has 0 bridgehead atoms. The molecule has 1 aromatic heterocycles. The highest BCUT2D eigenvalue weighted by molar-refractivity contribution is 7.99. The van der Waals surface area contributed by atoms with Crippen molar-refractivity contribution in [1.29, 1.82) is 0 Å². The minimum atomic E-state index is -0.239. The molecule has 0 atom stereocenters. The summed E-state index contributed by atoms with van der Waals surface area (Å²) in [7, 11) is 0. The van der Waals surface area contributed by atoms with Crippen molar-refractivity contribution in [3.63, 3.8) is 0 Å². The van der Waals surface area contributed by atoms with E-state index in [9.17, 15) is 9.59 Å². The minimum absolute atomic E-state index is 0.149. The Hall–Kier alpha value is -3.36. The van der Waals surface area contributed by atoms with Gasteiger partial charge in [-0.2, -0.15) is 0 Å². The summed E-state index contributed by atoms with van der Waals surface area (Å²) in [6.45, 7) is 0.192. The fourth-order valence-corrected chi connectivity index (χ4v) is 3.68. The molecule has 0 saturated heterocycles. The summed E-state index contributed by atoms with van der Waals surface area (Å²) >= 11 is 7.04. The molecule has 1 heterocycles. The van der Waals surface area contributed by atoms with Crippen molar-refractivity contribution < 1.29 is 9.59 Å². The quantitative estimate of drug-likeness (QED) is 0.364. The van der Waals surface area contributed by atoms with E-state index in [0.717, 1.165) is 16.5 Å². The first-order valence-electron chi connectivity index (χ1n) is 9.44. The number of nitrogens with zero attached hydrogens (tertiary/aromatic N) is 2. The Morgan fingerprint density at radius 2 is 1.77 bits per heavy atom.